The van der Waals surface area contributed by atoms with E-state index in [1.54, 1.807) is 41.8 Å². The molecule has 0 spiro atoms. The summed E-state index contributed by atoms with van der Waals surface area (Å²) in [6.45, 7) is 4.03. The molecule has 0 unspecified atom stereocenters. The van der Waals surface area contributed by atoms with E-state index in [9.17, 15) is 4.79 Å². The van der Waals surface area contributed by atoms with E-state index in [2.05, 4.69) is 32.6 Å². The Morgan fingerprint density at radius 2 is 2.25 bits per heavy atom. The normalized spacial score (nSPS) is 15.4. The molecule has 0 atom stereocenters. The highest BCUT2D eigenvalue weighted by Gasteiger charge is 2.21. The quantitative estimate of drug-likeness (QED) is 0.806. The SMILES string of the molecule is CCSc1cc(C(=O)Nc2nc(C3CCNCC3)nn2C)ccn1. The summed E-state index contributed by atoms with van der Waals surface area (Å²) in [4.78, 5) is 21.2. The first-order valence-electron chi connectivity index (χ1n) is 8.19. The number of aryl methyl sites for hydroxylation is 1. The van der Waals surface area contributed by atoms with E-state index in [4.69, 9.17) is 0 Å². The van der Waals surface area contributed by atoms with Crippen LogP contribution in [0.4, 0.5) is 5.95 Å². The molecule has 0 radical (unpaired) electrons. The van der Waals surface area contributed by atoms with E-state index in [-0.39, 0.29) is 5.91 Å². The summed E-state index contributed by atoms with van der Waals surface area (Å²) in [7, 11) is 1.80. The minimum Gasteiger partial charge on any atom is -0.317 e. The zero-order valence-corrected chi connectivity index (χ0v) is 14.8. The van der Waals surface area contributed by atoms with Crippen molar-refractivity contribution in [3.05, 3.63) is 29.7 Å². The molecule has 2 N–H and O–H groups in total. The fourth-order valence-corrected chi connectivity index (χ4v) is 3.36. The Morgan fingerprint density at radius 3 is 3.00 bits per heavy atom. The van der Waals surface area contributed by atoms with E-state index in [0.717, 1.165) is 42.5 Å². The molecule has 7 nitrogen and oxygen atoms in total. The molecule has 0 aliphatic carbocycles. The Bertz CT molecular complexity index is 710. The number of thioether (sulfide) groups is 1. The van der Waals surface area contributed by atoms with Crippen LogP contribution < -0.4 is 10.6 Å². The van der Waals surface area contributed by atoms with Crippen molar-refractivity contribution >= 4 is 23.6 Å². The van der Waals surface area contributed by atoms with Crippen molar-refractivity contribution in [2.75, 3.05) is 24.2 Å². The Hall–Kier alpha value is -1.93. The number of carbonyl (C=O) groups is 1. The summed E-state index contributed by atoms with van der Waals surface area (Å²) in [5.74, 6) is 2.38. The summed E-state index contributed by atoms with van der Waals surface area (Å²) in [5, 5.41) is 11.5. The highest BCUT2D eigenvalue weighted by Crippen LogP contribution is 2.23. The van der Waals surface area contributed by atoms with E-state index >= 15 is 0 Å². The number of pyridine rings is 1. The Labute approximate surface area is 145 Å². The van der Waals surface area contributed by atoms with Gasteiger partial charge in [-0.15, -0.1) is 11.8 Å². The Balaban J connectivity index is 1.72. The highest BCUT2D eigenvalue weighted by molar-refractivity contribution is 7.99. The van der Waals surface area contributed by atoms with Crippen molar-refractivity contribution in [1.29, 1.82) is 0 Å². The molecule has 128 valence electrons. The van der Waals surface area contributed by atoms with Gasteiger partial charge in [0.25, 0.3) is 5.91 Å². The van der Waals surface area contributed by atoms with Gasteiger partial charge in [0.15, 0.2) is 5.82 Å². The molecule has 0 aromatic carbocycles. The molecule has 0 bridgehead atoms. The van der Waals surface area contributed by atoms with Gasteiger partial charge in [0.2, 0.25) is 5.95 Å². The molecular weight excluding hydrogens is 324 g/mol. The second kappa shape index (κ2) is 7.76. The lowest BCUT2D eigenvalue weighted by molar-refractivity contribution is 0.102. The summed E-state index contributed by atoms with van der Waals surface area (Å²) >= 11 is 1.61. The second-order valence-electron chi connectivity index (χ2n) is 5.71. The number of aromatic nitrogens is 4. The standard InChI is InChI=1S/C16H22N6OS/c1-3-24-13-10-12(6-9-18-13)15(23)20-16-19-14(21-22(16)2)11-4-7-17-8-5-11/h6,9-11,17H,3-5,7-8H2,1-2H3,(H,19,20,21,23). The van der Waals surface area contributed by atoms with Gasteiger partial charge < -0.3 is 5.32 Å². The van der Waals surface area contributed by atoms with Gasteiger partial charge in [-0.25, -0.2) is 9.67 Å². The molecule has 2 aromatic rings. The predicted molar refractivity (Wildman–Crippen MR) is 94.4 cm³/mol. The third kappa shape index (κ3) is 3.93. The zero-order chi connectivity index (χ0) is 16.9. The van der Waals surface area contributed by atoms with Gasteiger partial charge in [-0.05, 0) is 43.8 Å². The lowest BCUT2D eigenvalue weighted by Gasteiger charge is -2.19. The topological polar surface area (TPSA) is 84.7 Å². The number of rotatable bonds is 5. The first-order chi connectivity index (χ1) is 11.7. The van der Waals surface area contributed by atoms with Crippen molar-refractivity contribution < 1.29 is 4.79 Å². The van der Waals surface area contributed by atoms with Crippen LogP contribution in [-0.4, -0.2) is 44.5 Å². The van der Waals surface area contributed by atoms with Gasteiger partial charge in [0.05, 0.1) is 5.03 Å². The van der Waals surface area contributed by atoms with Crippen LogP contribution >= 0.6 is 11.8 Å². The number of carbonyl (C=O) groups excluding carboxylic acids is 1. The largest absolute Gasteiger partial charge is 0.317 e. The van der Waals surface area contributed by atoms with Crippen LogP contribution in [0.1, 0.15) is 41.9 Å². The molecule has 24 heavy (non-hydrogen) atoms. The van der Waals surface area contributed by atoms with Gasteiger partial charge in [-0.2, -0.15) is 10.1 Å². The van der Waals surface area contributed by atoms with Crippen molar-refractivity contribution in [3.8, 4) is 0 Å². The minimum atomic E-state index is -0.192. The number of hydrogen-bond acceptors (Lipinski definition) is 6. The third-order valence-corrected chi connectivity index (χ3v) is 4.81. The monoisotopic (exact) mass is 346 g/mol. The summed E-state index contributed by atoms with van der Waals surface area (Å²) in [6.07, 6.45) is 3.71. The summed E-state index contributed by atoms with van der Waals surface area (Å²) in [5.41, 5.74) is 0.576. The fraction of sp³-hybridized carbons (Fsp3) is 0.500. The van der Waals surface area contributed by atoms with Gasteiger partial charge in [0, 0.05) is 24.7 Å². The molecule has 1 aliphatic heterocycles. The van der Waals surface area contributed by atoms with Gasteiger partial charge in [-0.3, -0.25) is 10.1 Å². The predicted octanol–water partition coefficient (Wildman–Crippen LogP) is 2.04. The van der Waals surface area contributed by atoms with Crippen LogP contribution in [-0.2, 0) is 7.05 Å². The average molecular weight is 346 g/mol. The molecule has 1 amide bonds. The number of hydrogen-bond donors (Lipinski definition) is 2. The smallest absolute Gasteiger partial charge is 0.258 e. The van der Waals surface area contributed by atoms with Crippen molar-refractivity contribution in [2.45, 2.75) is 30.7 Å². The maximum Gasteiger partial charge on any atom is 0.258 e. The third-order valence-electron chi connectivity index (χ3n) is 4.00. The molecule has 3 rings (SSSR count). The maximum absolute atomic E-state index is 12.5. The van der Waals surface area contributed by atoms with Crippen LogP contribution in [0.2, 0.25) is 0 Å². The van der Waals surface area contributed by atoms with Gasteiger partial charge >= 0.3 is 0 Å². The second-order valence-corrected chi connectivity index (χ2v) is 7.00. The van der Waals surface area contributed by atoms with E-state index in [0.29, 0.717) is 17.4 Å². The average Bonchev–Trinajstić information content (AvgIpc) is 2.97. The number of piperidine rings is 1. The van der Waals surface area contributed by atoms with Crippen LogP contribution in [0, 0.1) is 0 Å². The lowest BCUT2D eigenvalue weighted by atomic mass is 9.98. The number of anilines is 1. The zero-order valence-electron chi connectivity index (χ0n) is 14.0. The molecule has 1 saturated heterocycles. The van der Waals surface area contributed by atoms with Crippen molar-refractivity contribution in [2.24, 2.45) is 7.05 Å². The number of nitrogens with zero attached hydrogens (tertiary/aromatic N) is 4. The van der Waals surface area contributed by atoms with Gasteiger partial charge in [0.1, 0.15) is 0 Å². The molecular formula is C16H22N6OS. The summed E-state index contributed by atoms with van der Waals surface area (Å²) in [6, 6.07) is 3.51. The Kier molecular flexibility index (Phi) is 5.47. The molecule has 8 heteroatoms. The maximum atomic E-state index is 12.5. The van der Waals surface area contributed by atoms with Crippen molar-refractivity contribution in [1.82, 2.24) is 25.1 Å². The molecule has 1 fully saturated rings. The van der Waals surface area contributed by atoms with E-state index in [1.807, 2.05) is 0 Å². The number of amides is 1. The summed E-state index contributed by atoms with van der Waals surface area (Å²) < 4.78 is 1.64. The van der Waals surface area contributed by atoms with Gasteiger partial charge in [-0.1, -0.05) is 6.92 Å². The van der Waals surface area contributed by atoms with Crippen LogP contribution in [0.15, 0.2) is 23.4 Å². The molecule has 2 aromatic heterocycles. The fourth-order valence-electron chi connectivity index (χ4n) is 2.72. The first-order valence-corrected chi connectivity index (χ1v) is 9.17. The molecule has 3 heterocycles. The van der Waals surface area contributed by atoms with Crippen molar-refractivity contribution in [3.63, 3.8) is 0 Å². The first kappa shape index (κ1) is 16.9. The van der Waals surface area contributed by atoms with Crippen LogP contribution in [0.3, 0.4) is 0 Å². The highest BCUT2D eigenvalue weighted by atomic mass is 32.2. The molecule has 0 saturated carbocycles. The molecule has 1 aliphatic rings. The lowest BCUT2D eigenvalue weighted by Crippen LogP contribution is -2.27. The van der Waals surface area contributed by atoms with E-state index < -0.39 is 0 Å². The minimum absolute atomic E-state index is 0.192. The number of nitrogens with one attached hydrogen (secondary N) is 2. The Morgan fingerprint density at radius 1 is 1.46 bits per heavy atom. The van der Waals surface area contributed by atoms with Crippen LogP contribution in [0.25, 0.3) is 0 Å². The van der Waals surface area contributed by atoms with Crippen LogP contribution in [0.5, 0.6) is 0 Å². The van der Waals surface area contributed by atoms with E-state index in [1.165, 1.54) is 0 Å².